The quantitative estimate of drug-likeness (QED) is 0.238. The van der Waals surface area contributed by atoms with Gasteiger partial charge in [-0.2, -0.15) is 0 Å². The molecule has 0 heterocycles. The Morgan fingerprint density at radius 3 is 2.15 bits per heavy atom. The fourth-order valence-electron chi connectivity index (χ4n) is 4.48. The molecule has 220 valence electrons. The van der Waals surface area contributed by atoms with Crippen molar-refractivity contribution >= 4 is 50.7 Å². The monoisotopic (exact) mass is 617 g/mol. The van der Waals surface area contributed by atoms with Crippen molar-refractivity contribution in [1.82, 2.24) is 10.2 Å². The summed E-state index contributed by atoms with van der Waals surface area (Å²) in [5.74, 6) is -0.825. The van der Waals surface area contributed by atoms with Crippen molar-refractivity contribution in [1.29, 1.82) is 0 Å². The Morgan fingerprint density at radius 2 is 1.54 bits per heavy atom. The maximum Gasteiger partial charge on any atom is 0.264 e. The number of halogens is 2. The van der Waals surface area contributed by atoms with Crippen LogP contribution in [0.5, 0.6) is 0 Å². The predicted octanol–water partition coefficient (Wildman–Crippen LogP) is 6.47. The minimum Gasteiger partial charge on any atom is -0.352 e. The zero-order chi connectivity index (χ0) is 30.2. The number of amides is 2. The molecule has 3 aromatic rings. The molecule has 10 heteroatoms. The molecule has 3 rings (SSSR count). The van der Waals surface area contributed by atoms with Crippen LogP contribution in [0.4, 0.5) is 5.69 Å². The number of nitrogens with one attached hydrogen (secondary N) is 1. The standard InChI is InChI=1S/C31H37Cl2N3O4S/c1-5-22(4)34-31(38)28(7-3)35(20-23-17-18-26(32)27(33)19-23)30(37)21-36(29-16-12-11-13-24(29)6-2)41(39,40)25-14-9-8-10-15-25/h8-19,22,28H,5-7,20-21H2,1-4H3,(H,34,38)/t22-,28-/m1/s1. The van der Waals surface area contributed by atoms with Gasteiger partial charge in [0, 0.05) is 12.6 Å². The molecular formula is C31H37Cl2N3O4S. The Morgan fingerprint density at radius 1 is 0.878 bits per heavy atom. The maximum absolute atomic E-state index is 14.2. The van der Waals surface area contributed by atoms with Crippen molar-refractivity contribution < 1.29 is 18.0 Å². The van der Waals surface area contributed by atoms with E-state index in [1.807, 2.05) is 39.8 Å². The number of carbonyl (C=O) groups is 2. The summed E-state index contributed by atoms with van der Waals surface area (Å²) in [5.41, 5.74) is 1.85. The summed E-state index contributed by atoms with van der Waals surface area (Å²) >= 11 is 12.4. The van der Waals surface area contributed by atoms with Crippen molar-refractivity contribution in [3.05, 3.63) is 94.0 Å². The molecule has 0 radical (unpaired) electrons. The number of sulfonamides is 1. The lowest BCUT2D eigenvalue weighted by molar-refractivity contribution is -0.140. The van der Waals surface area contributed by atoms with Crippen LogP contribution in [0.2, 0.25) is 10.0 Å². The Labute approximate surface area is 253 Å². The number of carbonyl (C=O) groups excluding carboxylic acids is 2. The zero-order valence-electron chi connectivity index (χ0n) is 23.8. The summed E-state index contributed by atoms with van der Waals surface area (Å²) in [4.78, 5) is 29.1. The first kappa shape index (κ1) is 32.4. The summed E-state index contributed by atoms with van der Waals surface area (Å²) < 4.78 is 29.1. The lowest BCUT2D eigenvalue weighted by Gasteiger charge is -2.34. The van der Waals surface area contributed by atoms with Crippen LogP contribution in [0.25, 0.3) is 0 Å². The van der Waals surface area contributed by atoms with Crippen molar-refractivity contribution in [3.8, 4) is 0 Å². The molecule has 0 bridgehead atoms. The fourth-order valence-corrected chi connectivity index (χ4v) is 6.28. The minimum atomic E-state index is -4.13. The second kappa shape index (κ2) is 14.7. The molecule has 0 aromatic heterocycles. The molecule has 0 aliphatic rings. The number of benzene rings is 3. The molecule has 0 saturated heterocycles. The average molecular weight is 619 g/mol. The SMILES string of the molecule is CCc1ccccc1N(CC(=O)N(Cc1ccc(Cl)c(Cl)c1)[C@H](CC)C(=O)N[C@H](C)CC)S(=O)(=O)c1ccccc1. The van der Waals surface area contributed by atoms with Crippen molar-refractivity contribution in [3.63, 3.8) is 0 Å². The van der Waals surface area contributed by atoms with Gasteiger partial charge in [0.2, 0.25) is 11.8 Å². The van der Waals surface area contributed by atoms with Crippen molar-refractivity contribution in [2.45, 2.75) is 70.5 Å². The summed E-state index contributed by atoms with van der Waals surface area (Å²) in [6.07, 6.45) is 1.61. The van der Waals surface area contributed by atoms with E-state index in [2.05, 4.69) is 5.32 Å². The lowest BCUT2D eigenvalue weighted by Crippen LogP contribution is -2.53. The highest BCUT2D eigenvalue weighted by Crippen LogP contribution is 2.29. The first-order valence-electron chi connectivity index (χ1n) is 13.7. The summed E-state index contributed by atoms with van der Waals surface area (Å²) in [7, 11) is -4.13. The Bertz CT molecular complexity index is 1450. The molecule has 41 heavy (non-hydrogen) atoms. The first-order chi connectivity index (χ1) is 19.5. The van der Waals surface area contributed by atoms with Gasteiger partial charge in [-0.25, -0.2) is 8.42 Å². The highest BCUT2D eigenvalue weighted by Gasteiger charge is 2.34. The van der Waals surface area contributed by atoms with Gasteiger partial charge in [0.25, 0.3) is 10.0 Å². The van der Waals surface area contributed by atoms with Crippen molar-refractivity contribution in [2.24, 2.45) is 0 Å². The third-order valence-electron chi connectivity index (χ3n) is 6.98. The molecule has 0 unspecified atom stereocenters. The van der Waals surface area contributed by atoms with Crippen LogP contribution in [0.3, 0.4) is 0 Å². The van der Waals surface area contributed by atoms with E-state index in [0.717, 1.165) is 16.3 Å². The molecule has 0 aliphatic heterocycles. The van der Waals surface area contributed by atoms with Gasteiger partial charge in [-0.15, -0.1) is 0 Å². The number of anilines is 1. The third kappa shape index (κ3) is 8.03. The van der Waals surface area contributed by atoms with Crippen LogP contribution in [0.1, 0.15) is 51.7 Å². The minimum absolute atomic E-state index is 0.0385. The maximum atomic E-state index is 14.2. The molecule has 7 nitrogen and oxygen atoms in total. The van der Waals surface area contributed by atoms with E-state index in [1.54, 1.807) is 48.5 Å². The van der Waals surface area contributed by atoms with E-state index in [1.165, 1.54) is 17.0 Å². The molecule has 0 aliphatic carbocycles. The number of rotatable bonds is 13. The Balaban J connectivity index is 2.10. The predicted molar refractivity (Wildman–Crippen MR) is 166 cm³/mol. The normalized spacial score (nSPS) is 12.8. The van der Waals surface area contributed by atoms with Crippen LogP contribution in [-0.4, -0.2) is 43.8 Å². The highest BCUT2D eigenvalue weighted by atomic mass is 35.5. The number of aryl methyl sites for hydroxylation is 1. The molecule has 1 N–H and O–H groups in total. The highest BCUT2D eigenvalue weighted by molar-refractivity contribution is 7.92. The van der Waals surface area contributed by atoms with E-state index in [4.69, 9.17) is 23.2 Å². The fraction of sp³-hybridized carbons (Fsp3) is 0.355. The van der Waals surface area contributed by atoms with Crippen LogP contribution in [0.15, 0.2) is 77.7 Å². The number of para-hydroxylation sites is 1. The number of hydrogen-bond donors (Lipinski definition) is 1. The Hall–Kier alpha value is -3.07. The van der Waals surface area contributed by atoms with Gasteiger partial charge in [-0.3, -0.25) is 13.9 Å². The molecule has 0 saturated carbocycles. The van der Waals surface area contributed by atoms with Crippen LogP contribution < -0.4 is 9.62 Å². The van der Waals surface area contributed by atoms with E-state index in [9.17, 15) is 18.0 Å². The second-order valence-electron chi connectivity index (χ2n) is 9.82. The summed E-state index contributed by atoms with van der Waals surface area (Å²) in [5, 5.41) is 3.65. The molecule has 2 amide bonds. The molecular weight excluding hydrogens is 581 g/mol. The third-order valence-corrected chi connectivity index (χ3v) is 9.49. The molecule has 0 spiro atoms. The van der Waals surface area contributed by atoms with Crippen LogP contribution >= 0.6 is 23.2 Å². The number of hydrogen-bond acceptors (Lipinski definition) is 4. The lowest BCUT2D eigenvalue weighted by atomic mass is 10.1. The zero-order valence-corrected chi connectivity index (χ0v) is 26.1. The van der Waals surface area contributed by atoms with Gasteiger partial charge < -0.3 is 10.2 Å². The van der Waals surface area contributed by atoms with E-state index in [0.29, 0.717) is 34.1 Å². The number of nitrogens with zero attached hydrogens (tertiary/aromatic N) is 2. The molecule has 2 atom stereocenters. The molecule has 3 aromatic carbocycles. The van der Waals surface area contributed by atoms with Crippen molar-refractivity contribution in [2.75, 3.05) is 10.8 Å². The van der Waals surface area contributed by atoms with Crippen LogP contribution in [-0.2, 0) is 32.6 Å². The average Bonchev–Trinajstić information content (AvgIpc) is 2.97. The second-order valence-corrected chi connectivity index (χ2v) is 12.5. The topological polar surface area (TPSA) is 86.8 Å². The van der Waals surface area contributed by atoms with Gasteiger partial charge in [0.15, 0.2) is 0 Å². The van der Waals surface area contributed by atoms with E-state index in [-0.39, 0.29) is 23.4 Å². The summed E-state index contributed by atoms with van der Waals surface area (Å²) in [6, 6.07) is 19.2. The smallest absolute Gasteiger partial charge is 0.264 e. The first-order valence-corrected chi connectivity index (χ1v) is 15.9. The van der Waals surface area contributed by atoms with E-state index < -0.39 is 28.5 Å². The van der Waals surface area contributed by atoms with Crippen LogP contribution in [0, 0.1) is 0 Å². The van der Waals surface area contributed by atoms with Gasteiger partial charge in [-0.1, -0.05) is 86.4 Å². The largest absolute Gasteiger partial charge is 0.352 e. The van der Waals surface area contributed by atoms with E-state index >= 15 is 0 Å². The van der Waals surface area contributed by atoms with Gasteiger partial charge in [-0.05, 0) is 67.6 Å². The van der Waals surface area contributed by atoms with Gasteiger partial charge >= 0.3 is 0 Å². The van der Waals surface area contributed by atoms with Gasteiger partial charge in [0.05, 0.1) is 20.6 Å². The Kier molecular flexibility index (Phi) is 11.6. The van der Waals surface area contributed by atoms with Gasteiger partial charge in [0.1, 0.15) is 12.6 Å². The molecule has 0 fully saturated rings. The summed E-state index contributed by atoms with van der Waals surface area (Å²) in [6.45, 7) is 7.14.